The summed E-state index contributed by atoms with van der Waals surface area (Å²) in [4.78, 5) is 11.9. The zero-order valence-corrected chi connectivity index (χ0v) is 17.1. The molecule has 0 aliphatic heterocycles. The monoisotopic (exact) mass is 438 g/mol. The van der Waals surface area contributed by atoms with E-state index in [9.17, 15) is 4.79 Å². The van der Waals surface area contributed by atoms with Crippen LogP contribution in [-0.2, 0) is 11.2 Å². The van der Waals surface area contributed by atoms with E-state index in [0.717, 1.165) is 10.0 Å². The third kappa shape index (κ3) is 6.04. The molecule has 1 N–H and O–H groups in total. The highest BCUT2D eigenvalue weighted by molar-refractivity contribution is 9.10. The highest BCUT2D eigenvalue weighted by atomic mass is 79.9. The fourth-order valence-corrected chi connectivity index (χ4v) is 2.70. The average molecular weight is 440 g/mol. The fraction of sp³-hybridized carbons (Fsp3) is 0.263. The summed E-state index contributed by atoms with van der Waals surface area (Å²) in [6, 6.07) is 11.0. The number of carbonyl (C=O) groups is 1. The lowest BCUT2D eigenvalue weighted by Crippen LogP contribution is -2.19. The second kappa shape index (κ2) is 9.59. The van der Waals surface area contributed by atoms with Crippen molar-refractivity contribution in [1.82, 2.24) is 5.43 Å². The second-order valence-corrected chi connectivity index (χ2v) is 7.12. The lowest BCUT2D eigenvalue weighted by atomic mass is 10.1. The number of hydrazone groups is 1. The molecule has 7 heteroatoms. The number of ether oxygens (including phenoxy) is 2. The summed E-state index contributed by atoms with van der Waals surface area (Å²) >= 11 is 9.62. The predicted octanol–water partition coefficient (Wildman–Crippen LogP) is 4.59. The third-order valence-corrected chi connectivity index (χ3v) is 4.10. The van der Waals surface area contributed by atoms with Gasteiger partial charge in [0, 0.05) is 4.47 Å². The van der Waals surface area contributed by atoms with Crippen LogP contribution in [0.5, 0.6) is 11.5 Å². The van der Waals surface area contributed by atoms with Crippen LogP contribution < -0.4 is 14.9 Å². The predicted molar refractivity (Wildman–Crippen MR) is 107 cm³/mol. The number of carbonyl (C=O) groups excluding carboxylic acids is 1. The summed E-state index contributed by atoms with van der Waals surface area (Å²) in [6.45, 7) is 3.82. The van der Waals surface area contributed by atoms with E-state index in [1.165, 1.54) is 6.21 Å². The molecule has 2 rings (SSSR count). The number of halogens is 2. The van der Waals surface area contributed by atoms with Gasteiger partial charge in [0.1, 0.15) is 0 Å². The third-order valence-electron chi connectivity index (χ3n) is 3.29. The van der Waals surface area contributed by atoms with Gasteiger partial charge in [-0.05, 0) is 49.2 Å². The molecular formula is C19H20BrClN2O3. The van der Waals surface area contributed by atoms with Crippen LogP contribution in [0.2, 0.25) is 5.02 Å². The average Bonchev–Trinajstić information content (AvgIpc) is 2.58. The molecule has 138 valence electrons. The molecule has 0 radical (unpaired) electrons. The number of amides is 1. The van der Waals surface area contributed by atoms with Gasteiger partial charge in [-0.2, -0.15) is 5.10 Å². The molecule has 2 aromatic rings. The van der Waals surface area contributed by atoms with E-state index in [1.807, 2.05) is 38.1 Å². The van der Waals surface area contributed by atoms with Crippen molar-refractivity contribution in [2.24, 2.45) is 5.10 Å². The van der Waals surface area contributed by atoms with Crippen LogP contribution in [0.3, 0.4) is 0 Å². The first-order chi connectivity index (χ1) is 12.4. The Morgan fingerprint density at radius 1 is 1.31 bits per heavy atom. The molecule has 0 aliphatic carbocycles. The SMILES string of the molecule is COc1cc(/C=N/NC(=O)Cc2ccc(Br)cc2)cc(Cl)c1OC(C)C. The quantitative estimate of drug-likeness (QED) is 0.507. The Balaban J connectivity index is 2.02. The Labute approximate surface area is 166 Å². The van der Waals surface area contributed by atoms with Crippen molar-refractivity contribution in [3.63, 3.8) is 0 Å². The van der Waals surface area contributed by atoms with Gasteiger partial charge in [-0.3, -0.25) is 4.79 Å². The molecule has 0 unspecified atom stereocenters. The van der Waals surface area contributed by atoms with Crippen molar-refractivity contribution in [1.29, 1.82) is 0 Å². The number of nitrogens with one attached hydrogen (secondary N) is 1. The minimum atomic E-state index is -0.207. The normalized spacial score (nSPS) is 11.0. The van der Waals surface area contributed by atoms with E-state index in [1.54, 1.807) is 19.2 Å². The number of rotatable bonds is 7. The highest BCUT2D eigenvalue weighted by Gasteiger charge is 2.13. The van der Waals surface area contributed by atoms with Gasteiger partial charge < -0.3 is 9.47 Å². The van der Waals surface area contributed by atoms with Gasteiger partial charge in [0.15, 0.2) is 11.5 Å². The number of hydrogen-bond acceptors (Lipinski definition) is 4. The van der Waals surface area contributed by atoms with Crippen LogP contribution in [0.4, 0.5) is 0 Å². The van der Waals surface area contributed by atoms with E-state index < -0.39 is 0 Å². The van der Waals surface area contributed by atoms with Gasteiger partial charge in [-0.1, -0.05) is 39.7 Å². The zero-order chi connectivity index (χ0) is 19.1. The number of methoxy groups -OCH3 is 1. The van der Waals surface area contributed by atoms with E-state index in [0.29, 0.717) is 22.1 Å². The standard InChI is InChI=1S/C19H20BrClN2O3/c1-12(2)26-19-16(21)8-14(9-17(19)25-3)11-22-23-18(24)10-13-4-6-15(20)7-5-13/h4-9,11-12H,10H2,1-3H3,(H,23,24)/b22-11+. The lowest BCUT2D eigenvalue weighted by Gasteiger charge is -2.15. The van der Waals surface area contributed by atoms with Crippen LogP contribution >= 0.6 is 27.5 Å². The van der Waals surface area contributed by atoms with E-state index in [4.69, 9.17) is 21.1 Å². The van der Waals surface area contributed by atoms with Gasteiger partial charge in [-0.15, -0.1) is 0 Å². The zero-order valence-electron chi connectivity index (χ0n) is 14.8. The number of benzene rings is 2. The second-order valence-electron chi connectivity index (χ2n) is 5.80. The molecule has 0 saturated carbocycles. The van der Waals surface area contributed by atoms with Crippen molar-refractivity contribution in [2.45, 2.75) is 26.4 Å². The molecule has 26 heavy (non-hydrogen) atoms. The van der Waals surface area contributed by atoms with Crippen molar-refractivity contribution in [3.05, 3.63) is 57.0 Å². The van der Waals surface area contributed by atoms with Gasteiger partial charge >= 0.3 is 0 Å². The molecule has 0 bridgehead atoms. The summed E-state index contributed by atoms with van der Waals surface area (Å²) in [5.74, 6) is 0.788. The Morgan fingerprint density at radius 3 is 2.62 bits per heavy atom. The first-order valence-corrected chi connectivity index (χ1v) is 9.16. The molecule has 0 heterocycles. The highest BCUT2D eigenvalue weighted by Crippen LogP contribution is 2.36. The molecule has 0 saturated heterocycles. The topological polar surface area (TPSA) is 59.9 Å². The van der Waals surface area contributed by atoms with Crippen molar-refractivity contribution >= 4 is 39.7 Å². The Hall–Kier alpha value is -2.05. The van der Waals surface area contributed by atoms with E-state index in [2.05, 4.69) is 26.5 Å². The molecule has 0 aromatic heterocycles. The molecule has 0 aliphatic rings. The maximum atomic E-state index is 11.9. The summed E-state index contributed by atoms with van der Waals surface area (Å²) in [5, 5.41) is 4.39. The Kier molecular flexibility index (Phi) is 7.48. The summed E-state index contributed by atoms with van der Waals surface area (Å²) in [6.07, 6.45) is 1.72. The minimum absolute atomic E-state index is 0.0289. The van der Waals surface area contributed by atoms with Crippen LogP contribution in [0.25, 0.3) is 0 Å². The first-order valence-electron chi connectivity index (χ1n) is 7.99. The van der Waals surface area contributed by atoms with E-state index >= 15 is 0 Å². The first kappa shape index (κ1) is 20.3. The minimum Gasteiger partial charge on any atom is -0.493 e. The van der Waals surface area contributed by atoms with E-state index in [-0.39, 0.29) is 18.4 Å². The Bertz CT molecular complexity index is 792. The summed E-state index contributed by atoms with van der Waals surface area (Å²) in [7, 11) is 1.54. The fourth-order valence-electron chi connectivity index (χ4n) is 2.17. The van der Waals surface area contributed by atoms with Gasteiger partial charge in [0.2, 0.25) is 5.91 Å². The molecule has 5 nitrogen and oxygen atoms in total. The van der Waals surface area contributed by atoms with Crippen molar-refractivity contribution in [2.75, 3.05) is 7.11 Å². The number of hydrogen-bond donors (Lipinski definition) is 1. The Morgan fingerprint density at radius 2 is 2.00 bits per heavy atom. The molecular weight excluding hydrogens is 420 g/mol. The van der Waals surface area contributed by atoms with Gasteiger partial charge in [0.05, 0.1) is 30.9 Å². The van der Waals surface area contributed by atoms with Crippen LogP contribution in [0, 0.1) is 0 Å². The smallest absolute Gasteiger partial charge is 0.244 e. The summed E-state index contributed by atoms with van der Waals surface area (Å²) < 4.78 is 12.0. The molecule has 0 atom stereocenters. The maximum absolute atomic E-state index is 11.9. The van der Waals surface area contributed by atoms with Gasteiger partial charge in [0.25, 0.3) is 0 Å². The largest absolute Gasteiger partial charge is 0.493 e. The molecule has 0 fully saturated rings. The van der Waals surface area contributed by atoms with Crippen molar-refractivity contribution < 1.29 is 14.3 Å². The lowest BCUT2D eigenvalue weighted by molar-refractivity contribution is -0.120. The van der Waals surface area contributed by atoms with Gasteiger partial charge in [-0.25, -0.2) is 5.43 Å². The van der Waals surface area contributed by atoms with Crippen molar-refractivity contribution in [3.8, 4) is 11.5 Å². The molecule has 1 amide bonds. The maximum Gasteiger partial charge on any atom is 0.244 e. The molecule has 0 spiro atoms. The molecule has 2 aromatic carbocycles. The van der Waals surface area contributed by atoms with Crippen LogP contribution in [-0.4, -0.2) is 25.3 Å². The van der Waals surface area contributed by atoms with Crippen LogP contribution in [0.1, 0.15) is 25.0 Å². The van der Waals surface area contributed by atoms with Crippen LogP contribution in [0.15, 0.2) is 46.0 Å². The number of nitrogens with zero attached hydrogens (tertiary/aromatic N) is 1. The summed E-state index contributed by atoms with van der Waals surface area (Å²) in [5.41, 5.74) is 4.09.